The quantitative estimate of drug-likeness (QED) is 0.819. The first-order valence-corrected chi connectivity index (χ1v) is 7.52. The Balaban J connectivity index is 1.98. The molecule has 0 amide bonds. The van der Waals surface area contributed by atoms with E-state index in [1.54, 1.807) is 14.2 Å². The molecule has 114 valence electrons. The van der Waals surface area contributed by atoms with Crippen LogP contribution in [0, 0.1) is 11.3 Å². The van der Waals surface area contributed by atoms with Crippen molar-refractivity contribution in [1.29, 1.82) is 5.26 Å². The van der Waals surface area contributed by atoms with E-state index in [0.717, 1.165) is 32.4 Å². The smallest absolute Gasteiger partial charge is 0.108 e. The van der Waals surface area contributed by atoms with Crippen LogP contribution in [0.15, 0.2) is 0 Å². The molecular formula is C15H27N3O2. The highest BCUT2D eigenvalue weighted by atomic mass is 16.5. The molecule has 1 aliphatic heterocycles. The Morgan fingerprint density at radius 1 is 1.25 bits per heavy atom. The highest BCUT2D eigenvalue weighted by molar-refractivity contribution is 5.14. The van der Waals surface area contributed by atoms with Gasteiger partial charge in [0.2, 0.25) is 0 Å². The van der Waals surface area contributed by atoms with E-state index in [0.29, 0.717) is 12.1 Å². The van der Waals surface area contributed by atoms with Crippen molar-refractivity contribution in [3.8, 4) is 6.07 Å². The van der Waals surface area contributed by atoms with Crippen molar-refractivity contribution in [2.45, 2.75) is 62.9 Å². The van der Waals surface area contributed by atoms with Gasteiger partial charge in [0.25, 0.3) is 0 Å². The molecule has 5 nitrogen and oxygen atoms in total. The first-order valence-electron chi connectivity index (χ1n) is 7.52. The molecule has 0 bridgehead atoms. The second kappa shape index (κ2) is 6.40. The fourth-order valence-electron chi connectivity index (χ4n) is 3.67. The number of hydrogen-bond donors (Lipinski definition) is 1. The third kappa shape index (κ3) is 3.15. The number of likely N-dealkylation sites (tertiary alicyclic amines) is 1. The Labute approximate surface area is 122 Å². The maximum absolute atomic E-state index is 9.54. The fraction of sp³-hybridized carbons (Fsp3) is 0.933. The molecule has 1 heterocycles. The number of methoxy groups -OCH3 is 2. The summed E-state index contributed by atoms with van der Waals surface area (Å²) in [6.07, 6.45) is 3.19. The lowest BCUT2D eigenvalue weighted by Crippen LogP contribution is -2.47. The summed E-state index contributed by atoms with van der Waals surface area (Å²) < 4.78 is 11.0. The lowest BCUT2D eigenvalue weighted by molar-refractivity contribution is -0.00461. The summed E-state index contributed by atoms with van der Waals surface area (Å²) in [7, 11) is 3.49. The molecule has 0 aromatic rings. The first-order chi connectivity index (χ1) is 9.53. The Morgan fingerprint density at radius 3 is 2.30 bits per heavy atom. The third-order valence-corrected chi connectivity index (χ3v) is 4.63. The number of nitriles is 1. The number of rotatable bonds is 5. The van der Waals surface area contributed by atoms with Crippen LogP contribution in [0.5, 0.6) is 0 Å². The van der Waals surface area contributed by atoms with E-state index in [-0.39, 0.29) is 17.7 Å². The monoisotopic (exact) mass is 281 g/mol. The van der Waals surface area contributed by atoms with Crippen LogP contribution in [0.3, 0.4) is 0 Å². The van der Waals surface area contributed by atoms with Crippen LogP contribution in [0.25, 0.3) is 0 Å². The van der Waals surface area contributed by atoms with Gasteiger partial charge in [-0.3, -0.25) is 10.2 Å². The number of ether oxygens (including phenoxy) is 2. The molecule has 4 unspecified atom stereocenters. The van der Waals surface area contributed by atoms with E-state index in [4.69, 9.17) is 9.47 Å². The van der Waals surface area contributed by atoms with Crippen LogP contribution < -0.4 is 5.32 Å². The van der Waals surface area contributed by atoms with Crippen molar-refractivity contribution in [2.75, 3.05) is 27.3 Å². The van der Waals surface area contributed by atoms with Crippen LogP contribution in [0.2, 0.25) is 0 Å². The summed E-state index contributed by atoms with van der Waals surface area (Å²) in [5.74, 6) is 0. The van der Waals surface area contributed by atoms with Gasteiger partial charge in [-0.05, 0) is 33.1 Å². The van der Waals surface area contributed by atoms with E-state index in [9.17, 15) is 5.26 Å². The highest BCUT2D eigenvalue weighted by Gasteiger charge is 2.45. The Hall–Kier alpha value is -0.670. The number of nitrogens with zero attached hydrogens (tertiary/aromatic N) is 2. The molecule has 2 fully saturated rings. The summed E-state index contributed by atoms with van der Waals surface area (Å²) in [4.78, 5) is 2.43. The summed E-state index contributed by atoms with van der Waals surface area (Å²) in [6.45, 7) is 6.01. The molecule has 0 aromatic heterocycles. The lowest BCUT2D eigenvalue weighted by Gasteiger charge is -2.28. The molecule has 20 heavy (non-hydrogen) atoms. The summed E-state index contributed by atoms with van der Waals surface area (Å²) in [6, 6.07) is 3.31. The van der Waals surface area contributed by atoms with E-state index >= 15 is 0 Å². The summed E-state index contributed by atoms with van der Waals surface area (Å²) in [5.41, 5.74) is -0.355. The van der Waals surface area contributed by atoms with Gasteiger partial charge in [0, 0.05) is 39.4 Å². The van der Waals surface area contributed by atoms with Crippen LogP contribution in [0.1, 0.15) is 33.1 Å². The standard InChI is InChI=1S/C15H27N3O2/c1-11(2)17-15(10-16)6-5-12(7-15)18-8-13(19-3)14(9-18)20-4/h11-14,17H,5-9H2,1-4H3. The van der Waals surface area contributed by atoms with E-state index in [2.05, 4.69) is 30.1 Å². The number of hydrogen-bond acceptors (Lipinski definition) is 5. The van der Waals surface area contributed by atoms with Gasteiger partial charge < -0.3 is 9.47 Å². The molecule has 1 saturated heterocycles. The van der Waals surface area contributed by atoms with E-state index in [1.807, 2.05) is 0 Å². The Kier molecular flexibility index (Phi) is 5.03. The van der Waals surface area contributed by atoms with Gasteiger partial charge in [-0.2, -0.15) is 5.26 Å². The van der Waals surface area contributed by atoms with Crippen molar-refractivity contribution in [2.24, 2.45) is 0 Å². The molecule has 2 aliphatic rings. The van der Waals surface area contributed by atoms with Crippen LogP contribution in [-0.2, 0) is 9.47 Å². The predicted octanol–water partition coefficient (Wildman–Crippen LogP) is 1.14. The van der Waals surface area contributed by atoms with Crippen LogP contribution >= 0.6 is 0 Å². The minimum atomic E-state index is -0.355. The highest BCUT2D eigenvalue weighted by Crippen LogP contribution is 2.35. The Morgan fingerprint density at radius 2 is 1.85 bits per heavy atom. The molecule has 0 radical (unpaired) electrons. The lowest BCUT2D eigenvalue weighted by atomic mass is 9.98. The van der Waals surface area contributed by atoms with E-state index < -0.39 is 0 Å². The molecular weight excluding hydrogens is 254 g/mol. The second-order valence-corrected chi connectivity index (χ2v) is 6.39. The van der Waals surface area contributed by atoms with Crippen molar-refractivity contribution < 1.29 is 9.47 Å². The largest absolute Gasteiger partial charge is 0.377 e. The number of nitrogens with one attached hydrogen (secondary N) is 1. The van der Waals surface area contributed by atoms with Crippen molar-refractivity contribution in [3.05, 3.63) is 0 Å². The van der Waals surface area contributed by atoms with E-state index in [1.165, 1.54) is 0 Å². The van der Waals surface area contributed by atoms with Gasteiger partial charge in [0.15, 0.2) is 0 Å². The predicted molar refractivity (Wildman–Crippen MR) is 77.4 cm³/mol. The maximum Gasteiger partial charge on any atom is 0.108 e. The minimum Gasteiger partial charge on any atom is -0.377 e. The maximum atomic E-state index is 9.54. The van der Waals surface area contributed by atoms with Gasteiger partial charge in [0.1, 0.15) is 5.54 Å². The molecule has 0 spiro atoms. The zero-order chi connectivity index (χ0) is 14.8. The van der Waals surface area contributed by atoms with Crippen molar-refractivity contribution in [1.82, 2.24) is 10.2 Å². The van der Waals surface area contributed by atoms with Gasteiger partial charge in [-0.15, -0.1) is 0 Å². The minimum absolute atomic E-state index is 0.148. The zero-order valence-corrected chi connectivity index (χ0v) is 13.1. The fourth-order valence-corrected chi connectivity index (χ4v) is 3.67. The molecule has 5 heteroatoms. The molecule has 0 aromatic carbocycles. The topological polar surface area (TPSA) is 57.5 Å². The molecule has 1 aliphatic carbocycles. The summed E-state index contributed by atoms with van der Waals surface area (Å²) in [5, 5.41) is 13.0. The molecule has 2 rings (SSSR count). The average molecular weight is 281 g/mol. The van der Waals surface area contributed by atoms with Crippen molar-refractivity contribution >= 4 is 0 Å². The van der Waals surface area contributed by atoms with Gasteiger partial charge in [-0.25, -0.2) is 0 Å². The molecule has 1 N–H and O–H groups in total. The SMILES string of the molecule is COC1CN(C2CCC(C#N)(NC(C)C)C2)CC1OC. The second-order valence-electron chi connectivity index (χ2n) is 6.39. The Bertz CT molecular complexity index is 357. The normalized spacial score (nSPS) is 38.5. The first kappa shape index (κ1) is 15.7. The molecule has 1 saturated carbocycles. The van der Waals surface area contributed by atoms with Crippen LogP contribution in [0.4, 0.5) is 0 Å². The molecule has 4 atom stereocenters. The third-order valence-electron chi connectivity index (χ3n) is 4.63. The summed E-state index contributed by atoms with van der Waals surface area (Å²) >= 11 is 0. The van der Waals surface area contributed by atoms with Gasteiger partial charge in [-0.1, -0.05) is 0 Å². The van der Waals surface area contributed by atoms with Gasteiger partial charge in [0.05, 0.1) is 18.3 Å². The average Bonchev–Trinajstić information content (AvgIpc) is 3.01. The van der Waals surface area contributed by atoms with Crippen molar-refractivity contribution in [3.63, 3.8) is 0 Å². The van der Waals surface area contributed by atoms with Crippen LogP contribution in [-0.4, -0.2) is 62.0 Å². The van der Waals surface area contributed by atoms with Gasteiger partial charge >= 0.3 is 0 Å². The zero-order valence-electron chi connectivity index (χ0n) is 13.1.